The third-order valence-electron chi connectivity index (χ3n) is 5.04. The molecule has 0 saturated carbocycles. The molecule has 0 amide bonds. The van der Waals surface area contributed by atoms with Crippen LogP contribution in [0.1, 0.15) is 39.5 Å². The van der Waals surface area contributed by atoms with Gasteiger partial charge in [0.1, 0.15) is 12.2 Å². The molecule has 3 heterocycles. The number of aromatic nitrogens is 2. The predicted octanol–water partition coefficient (Wildman–Crippen LogP) is 3.78. The molecule has 3 aliphatic rings. The summed E-state index contributed by atoms with van der Waals surface area (Å²) < 4.78 is 12.3. The Kier molecular flexibility index (Phi) is 5.15. The number of epoxide rings is 1. The maximum absolute atomic E-state index is 11.7. The summed E-state index contributed by atoms with van der Waals surface area (Å²) in [7, 11) is 0. The minimum absolute atomic E-state index is 0.0671. The maximum atomic E-state index is 11.7. The molecule has 130 valence electrons. The number of hydrogen-bond acceptors (Lipinski definition) is 4. The fourth-order valence-electron chi connectivity index (χ4n) is 3.45. The number of rotatable bonds is 0. The second-order valence-electron chi connectivity index (χ2n) is 6.86. The average Bonchev–Trinajstić information content (AvgIpc) is 2.84. The number of carbonyl (C=O) groups is 1. The van der Waals surface area contributed by atoms with Crippen LogP contribution in [0.25, 0.3) is 0 Å². The fourth-order valence-corrected chi connectivity index (χ4v) is 3.79. The molecule has 5 nitrogen and oxygen atoms in total. The summed E-state index contributed by atoms with van der Waals surface area (Å²) in [5.41, 5.74) is 1.91. The Bertz CT molecular complexity index is 655. The summed E-state index contributed by atoms with van der Waals surface area (Å²) in [6, 6.07) is 0. The molecule has 0 radical (unpaired) electrons. The Morgan fingerprint density at radius 2 is 2.29 bits per heavy atom. The van der Waals surface area contributed by atoms with E-state index >= 15 is 0 Å². The minimum Gasteiger partial charge on any atom is -0.455 e. The Balaban J connectivity index is 0.000000238. The fraction of sp³-hybridized carbons (Fsp3) is 0.556. The number of H-pyrrole nitrogens is 1. The smallest absolute Gasteiger partial charge is 0.334 e. The molecular weight excluding hydrogens is 419 g/mol. The van der Waals surface area contributed by atoms with Crippen molar-refractivity contribution in [3.8, 4) is 0 Å². The molecule has 6 heteroatoms. The Labute approximate surface area is 156 Å². The van der Waals surface area contributed by atoms with Crippen LogP contribution in [0, 0.1) is 9.75 Å². The van der Waals surface area contributed by atoms with E-state index in [0.717, 1.165) is 29.5 Å². The van der Waals surface area contributed by atoms with E-state index in [1.54, 1.807) is 12.4 Å². The number of esters is 1. The van der Waals surface area contributed by atoms with Gasteiger partial charge in [0.2, 0.25) is 0 Å². The Hall–Kier alpha value is -1.15. The second-order valence-corrected chi connectivity index (χ2v) is 7.88. The van der Waals surface area contributed by atoms with Crippen molar-refractivity contribution in [2.75, 3.05) is 0 Å². The number of aromatic amines is 1. The number of imidazole rings is 1. The van der Waals surface area contributed by atoms with Gasteiger partial charge in [0.05, 0.1) is 5.60 Å². The van der Waals surface area contributed by atoms with Gasteiger partial charge in [-0.2, -0.15) is 0 Å². The topological polar surface area (TPSA) is 67.5 Å². The first kappa shape index (κ1) is 17.7. The summed E-state index contributed by atoms with van der Waals surface area (Å²) in [6.07, 6.45) is 9.77. The lowest BCUT2D eigenvalue weighted by Gasteiger charge is -2.19. The number of hydrogen-bond donors (Lipinski definition) is 1. The molecule has 0 unspecified atom stereocenters. The van der Waals surface area contributed by atoms with Crippen LogP contribution < -0.4 is 0 Å². The van der Waals surface area contributed by atoms with Crippen molar-refractivity contribution >= 4 is 28.6 Å². The van der Waals surface area contributed by atoms with Crippen molar-refractivity contribution in [2.24, 2.45) is 5.92 Å². The van der Waals surface area contributed by atoms with Gasteiger partial charge in [0.25, 0.3) is 0 Å². The van der Waals surface area contributed by atoms with Crippen LogP contribution in [0.3, 0.4) is 0 Å². The zero-order chi connectivity index (χ0) is 17.3. The molecule has 2 saturated heterocycles. The van der Waals surface area contributed by atoms with E-state index < -0.39 is 0 Å². The first-order valence-corrected chi connectivity index (χ1v) is 9.37. The largest absolute Gasteiger partial charge is 0.455 e. The third-order valence-corrected chi connectivity index (χ3v) is 5.63. The minimum atomic E-state index is -0.233. The molecular formula is C18H23IN2O3. The van der Waals surface area contributed by atoms with Gasteiger partial charge >= 0.3 is 5.97 Å². The Morgan fingerprint density at radius 3 is 2.92 bits per heavy atom. The molecule has 2 aliphatic heterocycles. The van der Waals surface area contributed by atoms with Gasteiger partial charge in [-0.3, -0.25) is 0 Å². The maximum Gasteiger partial charge on any atom is 0.334 e. The summed E-state index contributed by atoms with van der Waals surface area (Å²) in [6.45, 7) is 8.17. The Morgan fingerprint density at radius 1 is 1.50 bits per heavy atom. The van der Waals surface area contributed by atoms with Crippen LogP contribution in [0.5, 0.6) is 0 Å². The van der Waals surface area contributed by atoms with Crippen LogP contribution in [0.4, 0.5) is 0 Å². The standard InChI is InChI=1S/C15H20O3.C3H3IN2/c1-9-5-4-8-15(3)13(18-15)12-11(7-6-9)10(2)14(16)17-12;4-3-5-1-2-6-3/h5,11-13H,2,4,6-8H2,1,3H3;1-2H,(H,5,6)/b9-5+;/t11-,12-,13-,15+;/m0./s1. The first-order valence-electron chi connectivity index (χ1n) is 8.29. The van der Waals surface area contributed by atoms with Crippen molar-refractivity contribution in [2.45, 2.75) is 57.3 Å². The summed E-state index contributed by atoms with van der Waals surface area (Å²) in [5.74, 6) is -0.102. The number of nitrogens with zero attached hydrogens (tertiary/aromatic N) is 1. The molecule has 4 atom stereocenters. The lowest BCUT2D eigenvalue weighted by atomic mass is 9.84. The van der Waals surface area contributed by atoms with E-state index in [1.807, 2.05) is 0 Å². The van der Waals surface area contributed by atoms with E-state index in [9.17, 15) is 4.79 Å². The normalized spacial score (nSPS) is 37.1. The number of halogens is 1. The van der Waals surface area contributed by atoms with Crippen LogP contribution in [0.15, 0.2) is 36.2 Å². The summed E-state index contributed by atoms with van der Waals surface area (Å²) >= 11 is 2.11. The van der Waals surface area contributed by atoms with E-state index in [2.05, 4.69) is 59.1 Å². The molecule has 1 N–H and O–H groups in total. The lowest BCUT2D eigenvalue weighted by molar-refractivity contribution is -0.140. The van der Waals surface area contributed by atoms with Crippen LogP contribution in [-0.2, 0) is 14.3 Å². The molecule has 1 aromatic heterocycles. The molecule has 1 aromatic rings. The molecule has 0 spiro atoms. The zero-order valence-corrected chi connectivity index (χ0v) is 16.2. The number of allylic oxidation sites excluding steroid dienone is 2. The van der Waals surface area contributed by atoms with Gasteiger partial charge in [0.15, 0.2) is 3.83 Å². The highest BCUT2D eigenvalue weighted by molar-refractivity contribution is 14.1. The third kappa shape index (κ3) is 3.74. The van der Waals surface area contributed by atoms with Crippen LogP contribution in [0.2, 0.25) is 0 Å². The van der Waals surface area contributed by atoms with E-state index in [1.165, 1.54) is 5.57 Å². The van der Waals surface area contributed by atoms with Gasteiger partial charge in [-0.05, 0) is 62.1 Å². The first-order chi connectivity index (χ1) is 11.4. The predicted molar refractivity (Wildman–Crippen MR) is 99.3 cm³/mol. The van der Waals surface area contributed by atoms with Crippen molar-refractivity contribution in [3.63, 3.8) is 0 Å². The second kappa shape index (κ2) is 7.00. The molecule has 1 aliphatic carbocycles. The molecule has 0 bridgehead atoms. The van der Waals surface area contributed by atoms with E-state index in [0.29, 0.717) is 5.57 Å². The lowest BCUT2D eigenvalue weighted by Crippen LogP contribution is -2.28. The van der Waals surface area contributed by atoms with Gasteiger partial charge in [-0.25, -0.2) is 9.78 Å². The number of nitrogens with one attached hydrogen (secondary N) is 1. The van der Waals surface area contributed by atoms with Crippen molar-refractivity contribution in [1.82, 2.24) is 9.97 Å². The van der Waals surface area contributed by atoms with Crippen molar-refractivity contribution in [3.05, 3.63) is 40.0 Å². The molecule has 0 aromatic carbocycles. The van der Waals surface area contributed by atoms with Gasteiger partial charge in [-0.15, -0.1) is 0 Å². The zero-order valence-electron chi connectivity index (χ0n) is 14.0. The highest BCUT2D eigenvalue weighted by Gasteiger charge is 2.61. The highest BCUT2D eigenvalue weighted by atomic mass is 127. The molecule has 24 heavy (non-hydrogen) atoms. The number of fused-ring (bicyclic) bond motifs is 3. The summed E-state index contributed by atoms with van der Waals surface area (Å²) in [5, 5.41) is 0. The van der Waals surface area contributed by atoms with Gasteiger partial charge in [0, 0.05) is 23.9 Å². The van der Waals surface area contributed by atoms with Gasteiger partial charge in [-0.1, -0.05) is 18.2 Å². The van der Waals surface area contributed by atoms with E-state index in [4.69, 9.17) is 9.47 Å². The monoisotopic (exact) mass is 442 g/mol. The number of ether oxygens (including phenoxy) is 2. The summed E-state index contributed by atoms with van der Waals surface area (Å²) in [4.78, 5) is 18.4. The van der Waals surface area contributed by atoms with Gasteiger partial charge < -0.3 is 14.5 Å². The van der Waals surface area contributed by atoms with Crippen LogP contribution >= 0.6 is 22.6 Å². The highest BCUT2D eigenvalue weighted by Crippen LogP contribution is 2.49. The number of carbonyl (C=O) groups excluding carboxylic acids is 1. The van der Waals surface area contributed by atoms with Crippen LogP contribution in [-0.4, -0.2) is 33.7 Å². The van der Waals surface area contributed by atoms with Crippen molar-refractivity contribution in [1.29, 1.82) is 0 Å². The van der Waals surface area contributed by atoms with E-state index in [-0.39, 0.29) is 29.7 Å². The molecule has 4 rings (SSSR count). The van der Waals surface area contributed by atoms with Crippen molar-refractivity contribution < 1.29 is 14.3 Å². The SMILES string of the molecule is C=C1C(=O)O[C@H]2[C@H]1CC/C(C)=C/CC[C@@]1(C)O[C@@H]21.Ic1ncc[nH]1. The quantitative estimate of drug-likeness (QED) is 0.218. The average molecular weight is 442 g/mol. The molecule has 2 fully saturated rings.